The summed E-state index contributed by atoms with van der Waals surface area (Å²) in [4.78, 5) is 27.5. The van der Waals surface area contributed by atoms with Gasteiger partial charge in [0.25, 0.3) is 5.91 Å². The van der Waals surface area contributed by atoms with E-state index in [1.54, 1.807) is 16.7 Å². The standard InChI is InChI=1S/C15H19IN2O3/c1-3-21-15(20)18-8-6-17(7-9-18)14(19)12-5-4-11(2)13(16)10-12/h4-5,10H,3,6-9H2,1-2H3. The van der Waals surface area contributed by atoms with Gasteiger partial charge in [-0.15, -0.1) is 0 Å². The first kappa shape index (κ1) is 16.1. The summed E-state index contributed by atoms with van der Waals surface area (Å²) in [6.07, 6.45) is -0.297. The molecule has 0 saturated carbocycles. The Morgan fingerprint density at radius 3 is 2.38 bits per heavy atom. The molecule has 5 nitrogen and oxygen atoms in total. The molecular formula is C15H19IN2O3. The van der Waals surface area contributed by atoms with E-state index in [9.17, 15) is 9.59 Å². The Kier molecular flexibility index (Phi) is 5.44. The molecule has 0 aromatic heterocycles. The van der Waals surface area contributed by atoms with Gasteiger partial charge >= 0.3 is 6.09 Å². The zero-order valence-corrected chi connectivity index (χ0v) is 14.4. The second-order valence-corrected chi connectivity index (χ2v) is 6.10. The van der Waals surface area contributed by atoms with Crippen molar-refractivity contribution in [2.75, 3.05) is 32.8 Å². The normalized spacial score (nSPS) is 15.0. The molecule has 2 rings (SSSR count). The molecule has 0 N–H and O–H groups in total. The molecule has 1 aliphatic rings. The predicted octanol–water partition coefficient (Wildman–Crippen LogP) is 2.51. The number of piperazine rings is 1. The fourth-order valence-electron chi connectivity index (χ4n) is 2.22. The van der Waals surface area contributed by atoms with Crippen LogP contribution in [0.5, 0.6) is 0 Å². The van der Waals surface area contributed by atoms with E-state index < -0.39 is 0 Å². The van der Waals surface area contributed by atoms with Crippen LogP contribution < -0.4 is 0 Å². The highest BCUT2D eigenvalue weighted by Crippen LogP contribution is 2.16. The first-order valence-corrected chi connectivity index (χ1v) is 8.08. The number of ether oxygens (including phenoxy) is 1. The molecule has 0 aliphatic carbocycles. The van der Waals surface area contributed by atoms with Crippen molar-refractivity contribution in [2.45, 2.75) is 13.8 Å². The number of rotatable bonds is 2. The van der Waals surface area contributed by atoms with Gasteiger partial charge in [-0.2, -0.15) is 0 Å². The second kappa shape index (κ2) is 7.11. The fraction of sp³-hybridized carbons (Fsp3) is 0.467. The van der Waals surface area contributed by atoms with E-state index in [0.29, 0.717) is 38.3 Å². The van der Waals surface area contributed by atoms with E-state index in [1.165, 1.54) is 5.56 Å². The molecule has 1 aromatic carbocycles. The first-order valence-electron chi connectivity index (χ1n) is 7.00. The topological polar surface area (TPSA) is 49.9 Å². The van der Waals surface area contributed by atoms with Gasteiger partial charge in [0.05, 0.1) is 6.61 Å². The third-order valence-corrected chi connectivity index (χ3v) is 4.67. The third kappa shape index (κ3) is 3.87. The van der Waals surface area contributed by atoms with Crippen molar-refractivity contribution >= 4 is 34.6 Å². The number of hydrogen-bond acceptors (Lipinski definition) is 3. The Hall–Kier alpha value is -1.31. The van der Waals surface area contributed by atoms with E-state index in [-0.39, 0.29) is 12.0 Å². The minimum Gasteiger partial charge on any atom is -0.450 e. The summed E-state index contributed by atoms with van der Waals surface area (Å²) in [5, 5.41) is 0. The number of carbonyl (C=O) groups excluding carboxylic acids is 2. The number of halogens is 1. The molecule has 0 atom stereocenters. The summed E-state index contributed by atoms with van der Waals surface area (Å²) >= 11 is 2.24. The van der Waals surface area contributed by atoms with Crippen LogP contribution in [0.2, 0.25) is 0 Å². The minimum atomic E-state index is -0.297. The zero-order chi connectivity index (χ0) is 15.4. The van der Waals surface area contributed by atoms with Crippen molar-refractivity contribution in [2.24, 2.45) is 0 Å². The summed E-state index contributed by atoms with van der Waals surface area (Å²) in [7, 11) is 0. The van der Waals surface area contributed by atoms with E-state index in [4.69, 9.17) is 4.74 Å². The number of nitrogens with zero attached hydrogens (tertiary/aromatic N) is 2. The third-order valence-electron chi connectivity index (χ3n) is 3.51. The zero-order valence-electron chi connectivity index (χ0n) is 12.3. The number of amides is 2. The van der Waals surface area contributed by atoms with Crippen molar-refractivity contribution in [1.29, 1.82) is 0 Å². The van der Waals surface area contributed by atoms with Crippen LogP contribution in [0.3, 0.4) is 0 Å². The Labute approximate surface area is 138 Å². The van der Waals surface area contributed by atoms with E-state index in [1.807, 2.05) is 25.1 Å². The van der Waals surface area contributed by atoms with Crippen LogP contribution in [-0.2, 0) is 4.74 Å². The van der Waals surface area contributed by atoms with Crippen LogP contribution in [0, 0.1) is 10.5 Å². The van der Waals surface area contributed by atoms with Gasteiger partial charge in [0.2, 0.25) is 0 Å². The Bertz CT molecular complexity index is 540. The summed E-state index contributed by atoms with van der Waals surface area (Å²) in [6, 6.07) is 5.73. The van der Waals surface area contributed by atoms with Crippen LogP contribution in [0.25, 0.3) is 0 Å². The molecule has 2 amide bonds. The average molecular weight is 402 g/mol. The molecule has 1 aliphatic heterocycles. The van der Waals surface area contributed by atoms with Crippen LogP contribution in [0.15, 0.2) is 18.2 Å². The predicted molar refractivity (Wildman–Crippen MR) is 88.4 cm³/mol. The molecular weight excluding hydrogens is 383 g/mol. The highest BCUT2D eigenvalue weighted by Gasteiger charge is 2.25. The van der Waals surface area contributed by atoms with E-state index in [2.05, 4.69) is 22.6 Å². The average Bonchev–Trinajstić information content (AvgIpc) is 2.50. The highest BCUT2D eigenvalue weighted by molar-refractivity contribution is 14.1. The van der Waals surface area contributed by atoms with Gasteiger partial charge in [-0.05, 0) is 54.1 Å². The van der Waals surface area contributed by atoms with Crippen molar-refractivity contribution in [3.63, 3.8) is 0 Å². The molecule has 114 valence electrons. The number of carbonyl (C=O) groups is 2. The van der Waals surface area contributed by atoms with Gasteiger partial charge in [0.1, 0.15) is 0 Å². The van der Waals surface area contributed by atoms with Gasteiger partial charge in [0.15, 0.2) is 0 Å². The molecule has 1 aromatic rings. The lowest BCUT2D eigenvalue weighted by Crippen LogP contribution is -2.50. The van der Waals surface area contributed by atoms with Crippen LogP contribution in [0.4, 0.5) is 4.79 Å². The van der Waals surface area contributed by atoms with Crippen molar-refractivity contribution < 1.29 is 14.3 Å². The number of benzene rings is 1. The molecule has 1 fully saturated rings. The number of hydrogen-bond donors (Lipinski definition) is 0. The largest absolute Gasteiger partial charge is 0.450 e. The highest BCUT2D eigenvalue weighted by atomic mass is 127. The maximum Gasteiger partial charge on any atom is 0.409 e. The molecule has 0 radical (unpaired) electrons. The smallest absolute Gasteiger partial charge is 0.409 e. The lowest BCUT2D eigenvalue weighted by atomic mass is 10.1. The monoisotopic (exact) mass is 402 g/mol. The maximum absolute atomic E-state index is 12.5. The summed E-state index contributed by atoms with van der Waals surface area (Å²) in [6.45, 7) is 6.32. The quantitative estimate of drug-likeness (QED) is 0.715. The Morgan fingerprint density at radius 1 is 1.19 bits per heavy atom. The van der Waals surface area contributed by atoms with Crippen molar-refractivity contribution in [1.82, 2.24) is 9.80 Å². The maximum atomic E-state index is 12.5. The fourth-order valence-corrected chi connectivity index (χ4v) is 2.73. The molecule has 1 heterocycles. The summed E-state index contributed by atoms with van der Waals surface area (Å²) in [5.74, 6) is 0.0245. The van der Waals surface area contributed by atoms with Crippen molar-refractivity contribution in [3.05, 3.63) is 32.9 Å². The van der Waals surface area contributed by atoms with Crippen LogP contribution in [-0.4, -0.2) is 54.6 Å². The molecule has 21 heavy (non-hydrogen) atoms. The second-order valence-electron chi connectivity index (χ2n) is 4.94. The van der Waals surface area contributed by atoms with Gasteiger partial charge in [-0.25, -0.2) is 4.79 Å². The van der Waals surface area contributed by atoms with E-state index in [0.717, 1.165) is 3.57 Å². The summed E-state index contributed by atoms with van der Waals surface area (Å²) in [5.41, 5.74) is 1.87. The minimum absolute atomic E-state index is 0.0245. The van der Waals surface area contributed by atoms with Crippen molar-refractivity contribution in [3.8, 4) is 0 Å². The first-order chi connectivity index (χ1) is 10.0. The SMILES string of the molecule is CCOC(=O)N1CCN(C(=O)c2ccc(C)c(I)c2)CC1. The Balaban J connectivity index is 1.97. The molecule has 6 heteroatoms. The van der Waals surface area contributed by atoms with Crippen LogP contribution >= 0.6 is 22.6 Å². The lowest BCUT2D eigenvalue weighted by molar-refractivity contribution is 0.0570. The molecule has 0 spiro atoms. The molecule has 0 unspecified atom stereocenters. The summed E-state index contributed by atoms with van der Waals surface area (Å²) < 4.78 is 6.06. The van der Waals surface area contributed by atoms with Gasteiger partial charge in [0, 0.05) is 35.3 Å². The van der Waals surface area contributed by atoms with Gasteiger partial charge < -0.3 is 14.5 Å². The molecule has 0 bridgehead atoms. The lowest BCUT2D eigenvalue weighted by Gasteiger charge is -2.34. The molecule has 1 saturated heterocycles. The van der Waals surface area contributed by atoms with Crippen LogP contribution in [0.1, 0.15) is 22.8 Å². The van der Waals surface area contributed by atoms with Gasteiger partial charge in [-0.1, -0.05) is 6.07 Å². The van der Waals surface area contributed by atoms with E-state index >= 15 is 0 Å². The number of aryl methyl sites for hydroxylation is 1. The van der Waals surface area contributed by atoms with Gasteiger partial charge in [-0.3, -0.25) is 4.79 Å². The Morgan fingerprint density at radius 2 is 1.81 bits per heavy atom.